The van der Waals surface area contributed by atoms with Gasteiger partial charge in [0.25, 0.3) is 0 Å². The highest BCUT2D eigenvalue weighted by molar-refractivity contribution is 5.33. The van der Waals surface area contributed by atoms with E-state index in [-0.39, 0.29) is 0 Å². The summed E-state index contributed by atoms with van der Waals surface area (Å²) < 4.78 is 5.39. The first-order valence-corrected chi connectivity index (χ1v) is 7.05. The van der Waals surface area contributed by atoms with E-state index < -0.39 is 0 Å². The molecule has 2 unspecified atom stereocenters. The second kappa shape index (κ2) is 8.15. The van der Waals surface area contributed by atoms with Gasteiger partial charge in [-0.3, -0.25) is 0 Å². The molecule has 18 heavy (non-hydrogen) atoms. The molecule has 2 heteroatoms. The lowest BCUT2D eigenvalue weighted by atomic mass is 10.0. The number of methoxy groups -OCH3 is 1. The van der Waals surface area contributed by atoms with Crippen molar-refractivity contribution in [3.05, 3.63) is 29.8 Å². The fraction of sp³-hybridized carbons (Fsp3) is 0.625. The number of para-hydroxylation sites is 1. The predicted molar refractivity (Wildman–Crippen MR) is 78.3 cm³/mol. The first-order chi connectivity index (χ1) is 8.67. The maximum absolute atomic E-state index is 5.39. The van der Waals surface area contributed by atoms with Crippen LogP contribution in [0.2, 0.25) is 0 Å². The molecule has 0 fully saturated rings. The summed E-state index contributed by atoms with van der Waals surface area (Å²) in [5, 5.41) is 3.66. The zero-order valence-corrected chi connectivity index (χ0v) is 12.2. The molecule has 0 aliphatic rings. The molecule has 0 spiro atoms. The summed E-state index contributed by atoms with van der Waals surface area (Å²) in [7, 11) is 1.74. The molecule has 0 amide bonds. The van der Waals surface area contributed by atoms with E-state index in [4.69, 9.17) is 4.74 Å². The Kier molecular flexibility index (Phi) is 6.81. The van der Waals surface area contributed by atoms with Crippen molar-refractivity contribution in [2.75, 3.05) is 7.11 Å². The number of hydrogen-bond acceptors (Lipinski definition) is 2. The zero-order valence-electron chi connectivity index (χ0n) is 12.2. The van der Waals surface area contributed by atoms with E-state index in [1.807, 2.05) is 12.1 Å². The molecule has 1 N–H and O–H groups in total. The minimum Gasteiger partial charge on any atom is -0.496 e. The summed E-state index contributed by atoms with van der Waals surface area (Å²) in [5.74, 6) is 0.993. The Labute approximate surface area is 112 Å². The topological polar surface area (TPSA) is 21.3 Å². The number of unbranched alkanes of at least 4 members (excludes halogenated alkanes) is 1. The van der Waals surface area contributed by atoms with Crippen molar-refractivity contribution in [2.24, 2.45) is 0 Å². The van der Waals surface area contributed by atoms with Gasteiger partial charge in [-0.25, -0.2) is 0 Å². The Morgan fingerprint density at radius 2 is 1.89 bits per heavy atom. The van der Waals surface area contributed by atoms with Gasteiger partial charge in [0.15, 0.2) is 0 Å². The van der Waals surface area contributed by atoms with Gasteiger partial charge in [0, 0.05) is 12.1 Å². The number of benzene rings is 1. The monoisotopic (exact) mass is 249 g/mol. The molecule has 0 bridgehead atoms. The van der Waals surface area contributed by atoms with Crippen molar-refractivity contribution >= 4 is 0 Å². The largest absolute Gasteiger partial charge is 0.496 e. The number of hydrogen-bond donors (Lipinski definition) is 1. The van der Waals surface area contributed by atoms with Crippen LogP contribution in [0.4, 0.5) is 0 Å². The zero-order chi connectivity index (χ0) is 13.4. The van der Waals surface area contributed by atoms with Crippen LogP contribution in [-0.2, 0) is 6.42 Å². The van der Waals surface area contributed by atoms with E-state index in [1.165, 1.54) is 24.8 Å². The predicted octanol–water partition coefficient (Wildman–Crippen LogP) is 3.79. The first-order valence-electron chi connectivity index (χ1n) is 7.05. The Morgan fingerprint density at radius 3 is 2.56 bits per heavy atom. The number of rotatable bonds is 8. The van der Waals surface area contributed by atoms with Crippen molar-refractivity contribution in [3.63, 3.8) is 0 Å². The van der Waals surface area contributed by atoms with Crippen molar-refractivity contribution in [1.82, 2.24) is 5.32 Å². The van der Waals surface area contributed by atoms with Crippen LogP contribution in [0.15, 0.2) is 24.3 Å². The van der Waals surface area contributed by atoms with Gasteiger partial charge in [-0.2, -0.15) is 0 Å². The van der Waals surface area contributed by atoms with Crippen LogP contribution in [0.25, 0.3) is 0 Å². The lowest BCUT2D eigenvalue weighted by Gasteiger charge is -2.20. The van der Waals surface area contributed by atoms with E-state index in [2.05, 4.69) is 38.2 Å². The lowest BCUT2D eigenvalue weighted by molar-refractivity contribution is 0.398. The van der Waals surface area contributed by atoms with Gasteiger partial charge in [0.05, 0.1) is 7.11 Å². The van der Waals surface area contributed by atoms with Gasteiger partial charge in [0.2, 0.25) is 0 Å². The lowest BCUT2D eigenvalue weighted by Crippen LogP contribution is -2.35. The first kappa shape index (κ1) is 15.0. The summed E-state index contributed by atoms with van der Waals surface area (Å²) in [4.78, 5) is 0. The van der Waals surface area contributed by atoms with Gasteiger partial charge in [-0.15, -0.1) is 0 Å². The van der Waals surface area contributed by atoms with Gasteiger partial charge < -0.3 is 10.1 Å². The van der Waals surface area contributed by atoms with Crippen LogP contribution in [0.5, 0.6) is 5.75 Å². The summed E-state index contributed by atoms with van der Waals surface area (Å²) in [6.45, 7) is 6.76. The Balaban J connectivity index is 2.46. The number of ether oxygens (including phenoxy) is 1. The summed E-state index contributed by atoms with van der Waals surface area (Å²) >= 11 is 0. The van der Waals surface area contributed by atoms with Gasteiger partial charge in [-0.1, -0.05) is 38.0 Å². The smallest absolute Gasteiger partial charge is 0.122 e. The quantitative estimate of drug-likeness (QED) is 0.756. The Morgan fingerprint density at radius 1 is 1.17 bits per heavy atom. The molecule has 0 aliphatic heterocycles. The van der Waals surface area contributed by atoms with E-state index in [0.29, 0.717) is 12.1 Å². The molecule has 0 saturated heterocycles. The van der Waals surface area contributed by atoms with Crippen LogP contribution < -0.4 is 10.1 Å². The Hall–Kier alpha value is -1.02. The molecule has 102 valence electrons. The third kappa shape index (κ3) is 5.09. The third-order valence-corrected chi connectivity index (χ3v) is 3.28. The van der Waals surface area contributed by atoms with Crippen LogP contribution in [0.3, 0.4) is 0 Å². The van der Waals surface area contributed by atoms with Crippen molar-refractivity contribution in [2.45, 2.75) is 58.5 Å². The fourth-order valence-corrected chi connectivity index (χ4v) is 2.34. The molecule has 2 atom stereocenters. The minimum atomic E-state index is 0.480. The van der Waals surface area contributed by atoms with E-state index in [1.54, 1.807) is 7.11 Å². The van der Waals surface area contributed by atoms with Crippen LogP contribution in [-0.4, -0.2) is 19.2 Å². The molecule has 0 saturated carbocycles. The van der Waals surface area contributed by atoms with Crippen LogP contribution in [0.1, 0.15) is 45.6 Å². The molecule has 0 aromatic heterocycles. The van der Waals surface area contributed by atoms with Crippen LogP contribution in [0, 0.1) is 0 Å². The maximum Gasteiger partial charge on any atom is 0.122 e. The summed E-state index contributed by atoms with van der Waals surface area (Å²) in [6.07, 6.45) is 4.84. The molecule has 0 heterocycles. The SMILES string of the molecule is CCCCC(C)NC(C)Cc1ccccc1OC. The summed E-state index contributed by atoms with van der Waals surface area (Å²) in [5.41, 5.74) is 1.28. The Bertz CT molecular complexity index is 338. The van der Waals surface area contributed by atoms with Gasteiger partial charge in [-0.05, 0) is 38.3 Å². The standard InChI is InChI=1S/C16H27NO/c1-5-6-9-13(2)17-14(3)12-15-10-7-8-11-16(15)18-4/h7-8,10-11,13-14,17H,5-6,9,12H2,1-4H3. The fourth-order valence-electron chi connectivity index (χ4n) is 2.34. The molecule has 1 aromatic carbocycles. The third-order valence-electron chi connectivity index (χ3n) is 3.28. The van der Waals surface area contributed by atoms with Crippen molar-refractivity contribution in [3.8, 4) is 5.75 Å². The molecule has 0 radical (unpaired) electrons. The second-order valence-corrected chi connectivity index (χ2v) is 5.13. The van der Waals surface area contributed by atoms with Gasteiger partial charge in [0.1, 0.15) is 5.75 Å². The maximum atomic E-state index is 5.39. The van der Waals surface area contributed by atoms with Crippen molar-refractivity contribution in [1.29, 1.82) is 0 Å². The normalized spacial score (nSPS) is 14.2. The highest BCUT2D eigenvalue weighted by Crippen LogP contribution is 2.19. The van der Waals surface area contributed by atoms with E-state index >= 15 is 0 Å². The van der Waals surface area contributed by atoms with E-state index in [0.717, 1.165) is 12.2 Å². The van der Waals surface area contributed by atoms with Crippen LogP contribution >= 0.6 is 0 Å². The molecular formula is C16H27NO. The second-order valence-electron chi connectivity index (χ2n) is 5.13. The van der Waals surface area contributed by atoms with E-state index in [9.17, 15) is 0 Å². The summed E-state index contributed by atoms with van der Waals surface area (Å²) in [6, 6.07) is 9.34. The van der Waals surface area contributed by atoms with Gasteiger partial charge >= 0.3 is 0 Å². The molecule has 1 aromatic rings. The number of nitrogens with one attached hydrogen (secondary N) is 1. The highest BCUT2D eigenvalue weighted by Gasteiger charge is 2.10. The average molecular weight is 249 g/mol. The molecule has 0 aliphatic carbocycles. The average Bonchev–Trinajstić information content (AvgIpc) is 2.36. The highest BCUT2D eigenvalue weighted by atomic mass is 16.5. The minimum absolute atomic E-state index is 0.480. The van der Waals surface area contributed by atoms with Crippen molar-refractivity contribution < 1.29 is 4.74 Å². The molecule has 1 rings (SSSR count). The molecular weight excluding hydrogens is 222 g/mol. The molecule has 2 nitrogen and oxygen atoms in total.